The minimum absolute atomic E-state index is 0.144. The van der Waals surface area contributed by atoms with E-state index in [-0.39, 0.29) is 5.25 Å². The molecular formula is C17H24N6O2S. The van der Waals surface area contributed by atoms with Crippen LogP contribution in [0.5, 0.6) is 0 Å². The summed E-state index contributed by atoms with van der Waals surface area (Å²) in [5, 5.41) is -0.144. The van der Waals surface area contributed by atoms with Gasteiger partial charge < -0.3 is 4.90 Å². The van der Waals surface area contributed by atoms with Gasteiger partial charge in [-0.1, -0.05) is 0 Å². The predicted molar refractivity (Wildman–Crippen MR) is 99.1 cm³/mol. The lowest BCUT2D eigenvalue weighted by molar-refractivity contribution is 0.383. The lowest BCUT2D eigenvalue weighted by atomic mass is 10.3. The van der Waals surface area contributed by atoms with Gasteiger partial charge in [0.2, 0.25) is 10.0 Å². The van der Waals surface area contributed by atoms with Crippen molar-refractivity contribution in [1.29, 1.82) is 0 Å². The fraction of sp³-hybridized carbons (Fsp3) is 0.588. The lowest BCUT2D eigenvalue weighted by Crippen LogP contribution is -2.49. The Kier molecular flexibility index (Phi) is 4.23. The molecule has 2 aromatic heterocycles. The van der Waals surface area contributed by atoms with Crippen molar-refractivity contribution in [3.05, 3.63) is 29.6 Å². The number of hydrogen-bond acceptors (Lipinski definition) is 6. The van der Waals surface area contributed by atoms with Gasteiger partial charge in [0.25, 0.3) is 0 Å². The molecule has 1 saturated carbocycles. The molecule has 9 heteroatoms. The minimum Gasteiger partial charge on any atom is -0.354 e. The minimum atomic E-state index is -3.10. The van der Waals surface area contributed by atoms with E-state index < -0.39 is 10.0 Å². The highest BCUT2D eigenvalue weighted by Gasteiger charge is 2.41. The van der Waals surface area contributed by atoms with Gasteiger partial charge in [0, 0.05) is 37.9 Å². The van der Waals surface area contributed by atoms with Crippen LogP contribution >= 0.6 is 0 Å². The predicted octanol–water partition coefficient (Wildman–Crippen LogP) is 1.20. The van der Waals surface area contributed by atoms with Gasteiger partial charge >= 0.3 is 0 Å². The van der Waals surface area contributed by atoms with Gasteiger partial charge in [-0.15, -0.1) is 0 Å². The van der Waals surface area contributed by atoms with Crippen LogP contribution in [0.15, 0.2) is 12.4 Å². The molecule has 0 unspecified atom stereocenters. The Morgan fingerprint density at radius 2 is 1.65 bits per heavy atom. The number of aromatic nitrogens is 4. The molecule has 2 fully saturated rings. The summed E-state index contributed by atoms with van der Waals surface area (Å²) in [6, 6.07) is 1.95. The average Bonchev–Trinajstić information content (AvgIpc) is 3.42. The average molecular weight is 376 g/mol. The van der Waals surface area contributed by atoms with E-state index in [1.165, 1.54) is 0 Å². The highest BCUT2D eigenvalue weighted by Crippen LogP contribution is 2.31. The molecule has 2 aromatic rings. The van der Waals surface area contributed by atoms with Crippen LogP contribution in [0.1, 0.15) is 30.1 Å². The normalized spacial score (nSPS) is 19.1. The molecule has 26 heavy (non-hydrogen) atoms. The Labute approximate surface area is 153 Å². The first-order chi connectivity index (χ1) is 12.4. The summed E-state index contributed by atoms with van der Waals surface area (Å²) < 4.78 is 28.4. The van der Waals surface area contributed by atoms with Crippen molar-refractivity contribution < 1.29 is 8.42 Å². The number of rotatable bonds is 4. The first-order valence-corrected chi connectivity index (χ1v) is 10.5. The molecule has 1 aliphatic carbocycles. The molecule has 1 aliphatic heterocycles. The number of sulfonamides is 1. The van der Waals surface area contributed by atoms with E-state index >= 15 is 0 Å². The summed E-state index contributed by atoms with van der Waals surface area (Å²) in [5.41, 5.74) is 2.02. The van der Waals surface area contributed by atoms with Crippen molar-refractivity contribution in [1.82, 2.24) is 23.8 Å². The van der Waals surface area contributed by atoms with Gasteiger partial charge in [0.05, 0.1) is 10.9 Å². The van der Waals surface area contributed by atoms with Crippen LogP contribution in [0.25, 0.3) is 5.82 Å². The van der Waals surface area contributed by atoms with E-state index in [1.54, 1.807) is 10.6 Å². The number of imidazole rings is 1. The third kappa shape index (κ3) is 3.09. The Balaban J connectivity index is 1.55. The summed E-state index contributed by atoms with van der Waals surface area (Å²) >= 11 is 0. The maximum absolute atomic E-state index is 12.4. The Bertz CT molecular complexity index is 927. The second kappa shape index (κ2) is 6.31. The molecule has 4 rings (SSSR count). The van der Waals surface area contributed by atoms with E-state index in [4.69, 9.17) is 0 Å². The largest absolute Gasteiger partial charge is 0.354 e. The smallest absolute Gasteiger partial charge is 0.217 e. The first-order valence-electron chi connectivity index (χ1n) is 8.97. The fourth-order valence-electron chi connectivity index (χ4n) is 3.30. The first kappa shape index (κ1) is 17.4. The van der Waals surface area contributed by atoms with E-state index in [0.717, 1.165) is 35.9 Å². The van der Waals surface area contributed by atoms with E-state index in [9.17, 15) is 8.42 Å². The maximum Gasteiger partial charge on any atom is 0.217 e. The number of piperazine rings is 1. The summed E-state index contributed by atoms with van der Waals surface area (Å²) in [4.78, 5) is 15.6. The summed E-state index contributed by atoms with van der Waals surface area (Å²) in [6.45, 7) is 8.18. The van der Waals surface area contributed by atoms with Gasteiger partial charge in [-0.05, 0) is 33.6 Å². The van der Waals surface area contributed by atoms with Crippen LogP contribution < -0.4 is 4.90 Å². The molecule has 0 radical (unpaired) electrons. The van der Waals surface area contributed by atoms with Crippen LogP contribution in [0, 0.1) is 20.8 Å². The molecule has 1 saturated heterocycles. The van der Waals surface area contributed by atoms with Crippen LogP contribution in [-0.2, 0) is 10.0 Å². The van der Waals surface area contributed by atoms with Crippen LogP contribution in [0.2, 0.25) is 0 Å². The van der Waals surface area contributed by atoms with Gasteiger partial charge in [-0.25, -0.2) is 23.4 Å². The third-order valence-electron chi connectivity index (χ3n) is 5.18. The SMILES string of the molecule is Cc1nc(N2CCN(S(=O)(=O)C3CC3)CC2)cc(-n2cnc(C)c2C)n1. The summed E-state index contributed by atoms with van der Waals surface area (Å²) in [7, 11) is -3.10. The van der Waals surface area contributed by atoms with Crippen molar-refractivity contribution in [2.24, 2.45) is 0 Å². The highest BCUT2D eigenvalue weighted by molar-refractivity contribution is 7.90. The zero-order valence-electron chi connectivity index (χ0n) is 15.4. The second-order valence-electron chi connectivity index (χ2n) is 7.05. The van der Waals surface area contributed by atoms with Crippen LogP contribution in [0.4, 0.5) is 5.82 Å². The van der Waals surface area contributed by atoms with Crippen molar-refractivity contribution in [3.63, 3.8) is 0 Å². The lowest BCUT2D eigenvalue weighted by Gasteiger charge is -2.34. The number of nitrogens with zero attached hydrogens (tertiary/aromatic N) is 6. The number of aryl methyl sites for hydroxylation is 2. The maximum atomic E-state index is 12.4. The molecule has 3 heterocycles. The van der Waals surface area contributed by atoms with Crippen molar-refractivity contribution in [3.8, 4) is 5.82 Å². The van der Waals surface area contributed by atoms with Gasteiger partial charge in [0.15, 0.2) is 0 Å². The molecule has 0 spiro atoms. The quantitative estimate of drug-likeness (QED) is 0.797. The number of hydrogen-bond donors (Lipinski definition) is 0. The summed E-state index contributed by atoms with van der Waals surface area (Å²) in [5.74, 6) is 2.32. The standard InChI is InChI=1S/C17H24N6O2S/c1-12-13(2)23(11-18-12)17-10-16(19-14(3)20-17)21-6-8-22(9-7-21)26(24,25)15-4-5-15/h10-11,15H,4-9H2,1-3H3. The Morgan fingerprint density at radius 1 is 1.00 bits per heavy atom. The molecule has 0 bridgehead atoms. The van der Waals surface area contributed by atoms with E-state index in [2.05, 4.69) is 19.9 Å². The van der Waals surface area contributed by atoms with Crippen molar-refractivity contribution >= 4 is 15.8 Å². The Morgan fingerprint density at radius 3 is 2.23 bits per heavy atom. The second-order valence-corrected chi connectivity index (χ2v) is 9.26. The van der Waals surface area contributed by atoms with Crippen LogP contribution in [-0.4, -0.2) is 63.7 Å². The molecule has 140 valence electrons. The Hall–Kier alpha value is -2.00. The van der Waals surface area contributed by atoms with E-state index in [0.29, 0.717) is 32.0 Å². The zero-order valence-corrected chi connectivity index (χ0v) is 16.2. The van der Waals surface area contributed by atoms with Gasteiger partial charge in [-0.3, -0.25) is 4.57 Å². The van der Waals surface area contributed by atoms with E-state index in [1.807, 2.05) is 31.4 Å². The molecule has 0 N–H and O–H groups in total. The third-order valence-corrected chi connectivity index (χ3v) is 7.58. The fourth-order valence-corrected chi connectivity index (χ4v) is 5.13. The number of anilines is 1. The van der Waals surface area contributed by atoms with Crippen molar-refractivity contribution in [2.75, 3.05) is 31.1 Å². The van der Waals surface area contributed by atoms with Gasteiger partial charge in [-0.2, -0.15) is 4.31 Å². The monoisotopic (exact) mass is 376 g/mol. The molecule has 0 amide bonds. The molecule has 0 atom stereocenters. The van der Waals surface area contributed by atoms with Gasteiger partial charge in [0.1, 0.15) is 23.8 Å². The van der Waals surface area contributed by atoms with Crippen LogP contribution in [0.3, 0.4) is 0 Å². The molecule has 0 aromatic carbocycles. The molecule has 8 nitrogen and oxygen atoms in total. The highest BCUT2D eigenvalue weighted by atomic mass is 32.2. The molecule has 2 aliphatic rings. The van der Waals surface area contributed by atoms with Crippen molar-refractivity contribution in [2.45, 2.75) is 38.9 Å². The molecular weight excluding hydrogens is 352 g/mol. The zero-order chi connectivity index (χ0) is 18.5. The topological polar surface area (TPSA) is 84.2 Å². The summed E-state index contributed by atoms with van der Waals surface area (Å²) in [6.07, 6.45) is 3.39.